The quantitative estimate of drug-likeness (QED) is 0.730. The van der Waals surface area contributed by atoms with E-state index in [1.54, 1.807) is 6.07 Å². The number of imidazole rings is 1. The Balaban J connectivity index is 2.02. The van der Waals surface area contributed by atoms with Gasteiger partial charge in [-0.3, -0.25) is 0 Å². The maximum atomic E-state index is 6.22. The number of benzene rings is 2. The van der Waals surface area contributed by atoms with Gasteiger partial charge < -0.3 is 15.0 Å². The van der Waals surface area contributed by atoms with Crippen molar-refractivity contribution in [1.29, 1.82) is 0 Å². The number of rotatable bonds is 3. The molecule has 0 unspecified atom stereocenters. The zero-order chi connectivity index (χ0) is 15.0. The van der Waals surface area contributed by atoms with Crippen molar-refractivity contribution in [2.75, 3.05) is 5.73 Å². The van der Waals surface area contributed by atoms with Gasteiger partial charge >= 0.3 is 0 Å². The zero-order valence-corrected chi connectivity index (χ0v) is 12.7. The SMILES string of the molecule is CCn1cnc2ccc(Oc3c(C)cc(N)cc3Cl)cc21. The second kappa shape index (κ2) is 5.30. The molecule has 0 saturated heterocycles. The lowest BCUT2D eigenvalue weighted by Gasteiger charge is -2.12. The Labute approximate surface area is 128 Å². The lowest BCUT2D eigenvalue weighted by molar-refractivity contribution is 0.479. The lowest BCUT2D eigenvalue weighted by Crippen LogP contribution is -1.94. The third-order valence-corrected chi connectivity index (χ3v) is 3.69. The monoisotopic (exact) mass is 301 g/mol. The molecule has 1 aromatic heterocycles. The molecule has 108 valence electrons. The minimum absolute atomic E-state index is 0.511. The normalized spacial score (nSPS) is 11.0. The molecule has 0 aliphatic heterocycles. The van der Waals surface area contributed by atoms with Gasteiger partial charge in [0.1, 0.15) is 11.5 Å². The first-order valence-electron chi connectivity index (χ1n) is 6.77. The molecule has 3 aromatic rings. The van der Waals surface area contributed by atoms with Crippen LogP contribution in [0.1, 0.15) is 12.5 Å². The molecule has 5 heteroatoms. The highest BCUT2D eigenvalue weighted by Gasteiger charge is 2.10. The Hall–Kier alpha value is -2.20. The molecule has 4 nitrogen and oxygen atoms in total. The molecular weight excluding hydrogens is 286 g/mol. The number of nitrogens with zero attached hydrogens (tertiary/aromatic N) is 2. The van der Waals surface area contributed by atoms with Crippen LogP contribution in [0.5, 0.6) is 11.5 Å². The Morgan fingerprint density at radius 1 is 1.29 bits per heavy atom. The van der Waals surface area contributed by atoms with Crippen molar-refractivity contribution in [3.63, 3.8) is 0 Å². The Bertz CT molecular complexity index is 787. The molecule has 3 rings (SSSR count). The van der Waals surface area contributed by atoms with Gasteiger partial charge in [-0.15, -0.1) is 0 Å². The second-order valence-corrected chi connectivity index (χ2v) is 5.34. The van der Waals surface area contributed by atoms with E-state index in [1.165, 1.54) is 0 Å². The first-order valence-corrected chi connectivity index (χ1v) is 7.14. The van der Waals surface area contributed by atoms with E-state index < -0.39 is 0 Å². The third kappa shape index (κ3) is 2.54. The predicted octanol–water partition coefficient (Wildman–Crippen LogP) is 4.39. The summed E-state index contributed by atoms with van der Waals surface area (Å²) in [6, 6.07) is 9.34. The van der Waals surface area contributed by atoms with Crippen LogP contribution >= 0.6 is 11.6 Å². The number of hydrogen-bond donors (Lipinski definition) is 1. The predicted molar refractivity (Wildman–Crippen MR) is 86.1 cm³/mol. The van der Waals surface area contributed by atoms with E-state index >= 15 is 0 Å². The molecule has 0 bridgehead atoms. The van der Waals surface area contributed by atoms with Crippen LogP contribution in [-0.4, -0.2) is 9.55 Å². The fourth-order valence-electron chi connectivity index (χ4n) is 2.36. The molecule has 2 N–H and O–H groups in total. The summed E-state index contributed by atoms with van der Waals surface area (Å²) in [5, 5.41) is 0.511. The average molecular weight is 302 g/mol. The van der Waals surface area contributed by atoms with E-state index in [0.717, 1.165) is 28.9 Å². The van der Waals surface area contributed by atoms with E-state index in [-0.39, 0.29) is 0 Å². The highest BCUT2D eigenvalue weighted by atomic mass is 35.5. The molecule has 21 heavy (non-hydrogen) atoms. The lowest BCUT2D eigenvalue weighted by atomic mass is 10.2. The first-order chi connectivity index (χ1) is 10.1. The number of nitrogen functional groups attached to an aromatic ring is 1. The van der Waals surface area contributed by atoms with Gasteiger partial charge in [0.2, 0.25) is 0 Å². The molecule has 0 aliphatic rings. The van der Waals surface area contributed by atoms with Crippen LogP contribution in [0.4, 0.5) is 5.69 Å². The molecule has 0 radical (unpaired) electrons. The Morgan fingerprint density at radius 2 is 2.10 bits per heavy atom. The van der Waals surface area contributed by atoms with Crippen LogP contribution in [0.3, 0.4) is 0 Å². The van der Waals surface area contributed by atoms with Crippen LogP contribution in [-0.2, 0) is 6.54 Å². The molecule has 0 fully saturated rings. The van der Waals surface area contributed by atoms with Crippen LogP contribution in [0.25, 0.3) is 11.0 Å². The van der Waals surface area contributed by atoms with Gasteiger partial charge in [-0.25, -0.2) is 4.98 Å². The van der Waals surface area contributed by atoms with Gasteiger partial charge in [-0.05, 0) is 43.7 Å². The number of fused-ring (bicyclic) bond motifs is 1. The summed E-state index contributed by atoms with van der Waals surface area (Å²) in [7, 11) is 0. The van der Waals surface area contributed by atoms with Crippen LogP contribution in [0, 0.1) is 6.92 Å². The maximum Gasteiger partial charge on any atom is 0.149 e. The summed E-state index contributed by atoms with van der Waals surface area (Å²) in [5.41, 5.74) is 9.29. The van der Waals surface area contributed by atoms with Gasteiger partial charge in [0.05, 0.1) is 22.4 Å². The van der Waals surface area contributed by atoms with E-state index in [0.29, 0.717) is 16.5 Å². The number of halogens is 1. The van der Waals surface area contributed by atoms with Crippen molar-refractivity contribution >= 4 is 28.3 Å². The maximum absolute atomic E-state index is 6.22. The minimum atomic E-state index is 0.511. The number of ether oxygens (including phenoxy) is 1. The van der Waals surface area contributed by atoms with Gasteiger partial charge in [0.15, 0.2) is 0 Å². The molecule has 0 amide bonds. The molecule has 0 saturated carbocycles. The average Bonchev–Trinajstić information content (AvgIpc) is 2.85. The summed E-state index contributed by atoms with van der Waals surface area (Å²) < 4.78 is 8.01. The number of anilines is 1. The fraction of sp³-hybridized carbons (Fsp3) is 0.188. The standard InChI is InChI=1S/C16H16ClN3O/c1-3-20-9-19-14-5-4-12(8-15(14)20)21-16-10(2)6-11(18)7-13(16)17/h4-9H,3,18H2,1-2H3. The molecule has 0 atom stereocenters. The molecule has 1 heterocycles. The van der Waals surface area contributed by atoms with Crippen molar-refractivity contribution in [3.05, 3.63) is 47.2 Å². The summed E-state index contributed by atoms with van der Waals surface area (Å²) in [6.07, 6.45) is 1.83. The van der Waals surface area contributed by atoms with Crippen molar-refractivity contribution in [1.82, 2.24) is 9.55 Å². The van der Waals surface area contributed by atoms with Gasteiger partial charge in [-0.1, -0.05) is 11.6 Å². The van der Waals surface area contributed by atoms with E-state index in [4.69, 9.17) is 22.1 Å². The summed E-state index contributed by atoms with van der Waals surface area (Å²) in [4.78, 5) is 4.35. The fourth-order valence-corrected chi connectivity index (χ4v) is 2.67. The topological polar surface area (TPSA) is 53.1 Å². The summed E-state index contributed by atoms with van der Waals surface area (Å²) in [5.74, 6) is 1.36. The van der Waals surface area contributed by atoms with Gasteiger partial charge in [0.25, 0.3) is 0 Å². The first kappa shape index (κ1) is 13.8. The van der Waals surface area contributed by atoms with Gasteiger partial charge in [0, 0.05) is 18.3 Å². The van der Waals surface area contributed by atoms with Crippen LogP contribution in [0.15, 0.2) is 36.7 Å². The van der Waals surface area contributed by atoms with Crippen molar-refractivity contribution < 1.29 is 4.74 Å². The van der Waals surface area contributed by atoms with Crippen molar-refractivity contribution in [2.45, 2.75) is 20.4 Å². The van der Waals surface area contributed by atoms with Gasteiger partial charge in [-0.2, -0.15) is 0 Å². The number of hydrogen-bond acceptors (Lipinski definition) is 3. The Morgan fingerprint density at radius 3 is 2.81 bits per heavy atom. The van der Waals surface area contributed by atoms with Crippen molar-refractivity contribution in [3.8, 4) is 11.5 Å². The molecule has 0 aliphatic carbocycles. The van der Waals surface area contributed by atoms with Crippen molar-refractivity contribution in [2.24, 2.45) is 0 Å². The summed E-state index contributed by atoms with van der Waals surface area (Å²) >= 11 is 6.22. The van der Waals surface area contributed by atoms with Crippen LogP contribution in [0.2, 0.25) is 5.02 Å². The zero-order valence-electron chi connectivity index (χ0n) is 11.9. The number of aryl methyl sites for hydroxylation is 2. The third-order valence-electron chi connectivity index (χ3n) is 3.40. The minimum Gasteiger partial charge on any atom is -0.455 e. The van der Waals surface area contributed by atoms with E-state index in [9.17, 15) is 0 Å². The number of nitrogens with two attached hydrogens (primary N) is 1. The Kier molecular flexibility index (Phi) is 3.47. The second-order valence-electron chi connectivity index (χ2n) is 4.93. The molecule has 0 spiro atoms. The highest BCUT2D eigenvalue weighted by Crippen LogP contribution is 2.35. The van der Waals surface area contributed by atoms with Crippen LogP contribution < -0.4 is 10.5 Å². The highest BCUT2D eigenvalue weighted by molar-refractivity contribution is 6.32. The van der Waals surface area contributed by atoms with E-state index in [1.807, 2.05) is 37.5 Å². The number of aromatic nitrogens is 2. The molecule has 2 aromatic carbocycles. The smallest absolute Gasteiger partial charge is 0.149 e. The summed E-state index contributed by atoms with van der Waals surface area (Å²) in [6.45, 7) is 4.86. The largest absolute Gasteiger partial charge is 0.455 e. The molecular formula is C16H16ClN3O. The van der Waals surface area contributed by atoms with E-state index in [2.05, 4.69) is 16.5 Å².